The number of imidazole rings is 1. The van der Waals surface area contributed by atoms with Crippen molar-refractivity contribution in [2.45, 2.75) is 6.54 Å². The second-order valence-electron chi connectivity index (χ2n) is 7.39. The number of pyridine rings is 1. The lowest BCUT2D eigenvalue weighted by atomic mass is 10.1. The zero-order valence-electron chi connectivity index (χ0n) is 18.5. The van der Waals surface area contributed by atoms with Crippen LogP contribution in [0.1, 0.15) is 5.56 Å². The van der Waals surface area contributed by atoms with Crippen LogP contribution >= 0.6 is 0 Å². The lowest BCUT2D eigenvalue weighted by Crippen LogP contribution is -2.38. The number of hydrogen-bond donors (Lipinski definition) is 4. The minimum atomic E-state index is -0.372. The van der Waals surface area contributed by atoms with Crippen molar-refractivity contribution in [1.29, 1.82) is 5.26 Å². The highest BCUT2D eigenvalue weighted by Crippen LogP contribution is 2.32. The molecular weight excluding hydrogens is 425 g/mol. The lowest BCUT2D eigenvalue weighted by molar-refractivity contribution is 0.203. The van der Waals surface area contributed by atoms with E-state index in [-0.39, 0.29) is 12.4 Å². The summed E-state index contributed by atoms with van der Waals surface area (Å²) in [7, 11) is 5.31. The maximum atomic E-state index is 14.5. The third kappa shape index (κ3) is 4.56. The highest BCUT2D eigenvalue weighted by Gasteiger charge is 2.16. The molecule has 3 heterocycles. The second kappa shape index (κ2) is 9.54. The fraction of sp³-hybridized carbons (Fsp3) is 0.273. The SMILES string of the molecule is CNc1nc2[nH]c(-c3cc(F)cc(CN/C(=N\C#N)NCCOC)c3)cc2c2c1ncn2C. The average molecular weight is 449 g/mol. The molecule has 33 heavy (non-hydrogen) atoms. The summed E-state index contributed by atoms with van der Waals surface area (Å²) in [4.78, 5) is 16.1. The highest BCUT2D eigenvalue weighted by atomic mass is 19.1. The number of benzene rings is 1. The van der Waals surface area contributed by atoms with Gasteiger partial charge in [-0.2, -0.15) is 5.26 Å². The smallest absolute Gasteiger partial charge is 0.209 e. The molecule has 0 spiro atoms. The van der Waals surface area contributed by atoms with Gasteiger partial charge in [0, 0.05) is 50.9 Å². The summed E-state index contributed by atoms with van der Waals surface area (Å²) in [5, 5.41) is 18.8. The second-order valence-corrected chi connectivity index (χ2v) is 7.39. The Morgan fingerprint density at radius 3 is 2.91 bits per heavy atom. The van der Waals surface area contributed by atoms with Gasteiger partial charge < -0.3 is 30.2 Å². The van der Waals surface area contributed by atoms with Crippen molar-refractivity contribution in [3.8, 4) is 17.5 Å². The third-order valence-electron chi connectivity index (χ3n) is 5.16. The molecular formula is C22H24FN9O. The number of aromatic amines is 1. The molecule has 3 aromatic heterocycles. The summed E-state index contributed by atoms with van der Waals surface area (Å²) >= 11 is 0. The summed E-state index contributed by atoms with van der Waals surface area (Å²) < 4.78 is 21.4. The fourth-order valence-electron chi connectivity index (χ4n) is 3.68. The number of H-pyrrole nitrogens is 1. The Bertz CT molecular complexity index is 1370. The number of nitrogens with zero attached hydrogens (tertiary/aromatic N) is 5. The van der Waals surface area contributed by atoms with Crippen LogP contribution in [0, 0.1) is 17.3 Å². The number of anilines is 1. The van der Waals surface area contributed by atoms with Crippen LogP contribution in [0.3, 0.4) is 0 Å². The van der Waals surface area contributed by atoms with E-state index in [0.717, 1.165) is 22.1 Å². The van der Waals surface area contributed by atoms with Gasteiger partial charge in [-0.15, -0.1) is 4.99 Å². The first-order valence-electron chi connectivity index (χ1n) is 10.3. The van der Waals surface area contributed by atoms with E-state index in [1.165, 1.54) is 12.1 Å². The number of fused-ring (bicyclic) bond motifs is 3. The van der Waals surface area contributed by atoms with Crippen LogP contribution in [0.15, 0.2) is 35.6 Å². The lowest BCUT2D eigenvalue weighted by Gasteiger charge is -2.11. The van der Waals surface area contributed by atoms with Gasteiger partial charge in [0.2, 0.25) is 12.2 Å². The number of methoxy groups -OCH3 is 1. The molecule has 0 saturated carbocycles. The van der Waals surface area contributed by atoms with Crippen molar-refractivity contribution in [2.24, 2.45) is 12.0 Å². The molecule has 4 aromatic rings. The first-order valence-corrected chi connectivity index (χ1v) is 10.3. The van der Waals surface area contributed by atoms with Gasteiger partial charge in [-0.05, 0) is 29.8 Å². The van der Waals surface area contributed by atoms with E-state index in [1.54, 1.807) is 26.7 Å². The minimum Gasteiger partial charge on any atom is -0.383 e. The van der Waals surface area contributed by atoms with Crippen molar-refractivity contribution in [3.05, 3.63) is 42.0 Å². The van der Waals surface area contributed by atoms with Gasteiger partial charge in [0.05, 0.1) is 18.5 Å². The Morgan fingerprint density at radius 2 is 2.15 bits per heavy atom. The number of nitrogens with one attached hydrogen (secondary N) is 4. The summed E-state index contributed by atoms with van der Waals surface area (Å²) in [6.45, 7) is 1.22. The average Bonchev–Trinajstić information content (AvgIpc) is 3.40. The van der Waals surface area contributed by atoms with E-state index in [0.29, 0.717) is 41.7 Å². The minimum absolute atomic E-state index is 0.277. The summed E-state index contributed by atoms with van der Waals surface area (Å²) in [5.74, 6) is 0.595. The molecule has 0 aliphatic carbocycles. The van der Waals surface area contributed by atoms with Gasteiger partial charge in [-0.25, -0.2) is 14.4 Å². The van der Waals surface area contributed by atoms with E-state index in [2.05, 4.69) is 35.9 Å². The molecule has 170 valence electrons. The maximum absolute atomic E-state index is 14.5. The number of hydrogen-bond acceptors (Lipinski definition) is 6. The number of rotatable bonds is 7. The molecule has 10 nitrogen and oxygen atoms in total. The van der Waals surface area contributed by atoms with Crippen LogP contribution in [0.25, 0.3) is 33.3 Å². The molecule has 0 unspecified atom stereocenters. The van der Waals surface area contributed by atoms with Crippen molar-refractivity contribution >= 4 is 33.8 Å². The number of halogens is 1. The molecule has 0 amide bonds. The van der Waals surface area contributed by atoms with Crippen molar-refractivity contribution in [2.75, 3.05) is 32.6 Å². The van der Waals surface area contributed by atoms with Gasteiger partial charge in [0.15, 0.2) is 5.82 Å². The Kier molecular flexibility index (Phi) is 6.37. The number of aryl methyl sites for hydroxylation is 1. The molecule has 0 atom stereocenters. The normalized spacial score (nSPS) is 11.7. The Hall–Kier alpha value is -4.17. The van der Waals surface area contributed by atoms with E-state index in [4.69, 9.17) is 10.00 Å². The van der Waals surface area contributed by atoms with Gasteiger partial charge in [0.1, 0.15) is 17.0 Å². The molecule has 0 bridgehead atoms. The molecule has 4 N–H and O–H groups in total. The summed E-state index contributed by atoms with van der Waals surface area (Å²) in [6, 6.07) is 6.73. The molecule has 0 aliphatic rings. The number of ether oxygens (including phenoxy) is 1. The number of nitriles is 1. The zero-order chi connectivity index (χ0) is 23.4. The summed E-state index contributed by atoms with van der Waals surface area (Å²) in [5.41, 5.74) is 4.49. The van der Waals surface area contributed by atoms with Crippen molar-refractivity contribution < 1.29 is 9.13 Å². The van der Waals surface area contributed by atoms with Crippen LogP contribution in [0.4, 0.5) is 10.2 Å². The standard InChI is InChI=1S/C22H24FN9O/c1-25-21-18-19(32(2)12-29-18)16-9-17(30-20(16)31-21)14-6-13(7-15(23)8-14)10-27-22(28-11-24)26-4-5-33-3/h6-9,12H,4-5,10H2,1-3H3,(H2,25,30,31)(H2,26,27,28). The predicted octanol–water partition coefficient (Wildman–Crippen LogP) is 2.46. The third-order valence-corrected chi connectivity index (χ3v) is 5.16. The molecule has 4 rings (SSSR count). The van der Waals surface area contributed by atoms with Gasteiger partial charge in [0.25, 0.3) is 0 Å². The van der Waals surface area contributed by atoms with Crippen LogP contribution in [-0.2, 0) is 18.3 Å². The number of guanidine groups is 1. The highest BCUT2D eigenvalue weighted by molar-refractivity contribution is 6.07. The van der Waals surface area contributed by atoms with Crippen LogP contribution < -0.4 is 16.0 Å². The fourth-order valence-corrected chi connectivity index (χ4v) is 3.68. The molecule has 11 heteroatoms. The van der Waals surface area contributed by atoms with Gasteiger partial charge >= 0.3 is 0 Å². The summed E-state index contributed by atoms with van der Waals surface area (Å²) in [6.07, 6.45) is 3.49. The monoisotopic (exact) mass is 449 g/mol. The quantitative estimate of drug-likeness (QED) is 0.148. The predicted molar refractivity (Wildman–Crippen MR) is 125 cm³/mol. The maximum Gasteiger partial charge on any atom is 0.209 e. The van der Waals surface area contributed by atoms with E-state index in [1.807, 2.05) is 23.7 Å². The zero-order valence-corrected chi connectivity index (χ0v) is 18.5. The molecule has 0 aliphatic heterocycles. The van der Waals surface area contributed by atoms with Crippen molar-refractivity contribution in [3.63, 3.8) is 0 Å². The van der Waals surface area contributed by atoms with Crippen LogP contribution in [-0.4, -0.2) is 52.8 Å². The Balaban J connectivity index is 1.65. The van der Waals surface area contributed by atoms with E-state index < -0.39 is 0 Å². The van der Waals surface area contributed by atoms with E-state index >= 15 is 0 Å². The van der Waals surface area contributed by atoms with E-state index in [9.17, 15) is 4.39 Å². The van der Waals surface area contributed by atoms with Gasteiger partial charge in [-0.1, -0.05) is 0 Å². The first kappa shape index (κ1) is 22.0. The van der Waals surface area contributed by atoms with Crippen molar-refractivity contribution in [1.82, 2.24) is 30.2 Å². The van der Waals surface area contributed by atoms with Gasteiger partial charge in [-0.3, -0.25) is 0 Å². The molecule has 1 aromatic carbocycles. The molecule has 0 radical (unpaired) electrons. The topological polar surface area (TPSA) is 128 Å². The van der Waals surface area contributed by atoms with Crippen LogP contribution in [0.2, 0.25) is 0 Å². The number of aromatic nitrogens is 4. The van der Waals surface area contributed by atoms with Crippen LogP contribution in [0.5, 0.6) is 0 Å². The molecule has 0 saturated heterocycles. The largest absolute Gasteiger partial charge is 0.383 e. The Morgan fingerprint density at radius 1 is 1.30 bits per heavy atom. The molecule has 0 fully saturated rings. The first-order chi connectivity index (χ1) is 16.0. The Labute approximate surface area is 189 Å². The number of aliphatic imine (C=N–C) groups is 1.